The van der Waals surface area contributed by atoms with Gasteiger partial charge in [0.15, 0.2) is 0 Å². The third kappa shape index (κ3) is 4.24. The van der Waals surface area contributed by atoms with Gasteiger partial charge in [-0.05, 0) is 29.2 Å². The van der Waals surface area contributed by atoms with E-state index < -0.39 is 0 Å². The Labute approximate surface area is 148 Å². The fraction of sp³-hybridized carbons (Fsp3) is 0.400. The Morgan fingerprint density at radius 2 is 1.96 bits per heavy atom. The summed E-state index contributed by atoms with van der Waals surface area (Å²) in [6.07, 6.45) is 4.22. The number of aliphatic hydroxyl groups excluding tert-OH is 1. The Morgan fingerprint density at radius 3 is 2.52 bits per heavy atom. The first kappa shape index (κ1) is 17.6. The molecule has 1 aromatic heterocycles. The average molecular weight is 339 g/mol. The summed E-state index contributed by atoms with van der Waals surface area (Å²) in [6.45, 7) is 4.42. The Hall–Kier alpha value is -2.24. The summed E-state index contributed by atoms with van der Waals surface area (Å²) in [5, 5.41) is 9.70. The van der Waals surface area contributed by atoms with Crippen LogP contribution in [0.25, 0.3) is 0 Å². The van der Waals surface area contributed by atoms with Crippen LogP contribution >= 0.6 is 0 Å². The van der Waals surface area contributed by atoms with E-state index >= 15 is 0 Å². The largest absolute Gasteiger partial charge is 0.394 e. The minimum Gasteiger partial charge on any atom is -0.394 e. The van der Waals surface area contributed by atoms with E-state index in [1.165, 1.54) is 11.1 Å². The van der Waals surface area contributed by atoms with Gasteiger partial charge in [0.25, 0.3) is 0 Å². The molecule has 0 bridgehead atoms. The van der Waals surface area contributed by atoms with Crippen LogP contribution in [0, 0.1) is 0 Å². The molecule has 1 aliphatic heterocycles. The number of amides is 1. The van der Waals surface area contributed by atoms with Crippen LogP contribution in [0.1, 0.15) is 30.0 Å². The molecule has 0 saturated heterocycles. The second-order valence-electron chi connectivity index (χ2n) is 6.54. The molecule has 1 aliphatic rings. The molecule has 5 heteroatoms. The van der Waals surface area contributed by atoms with Crippen LogP contribution in [-0.4, -0.2) is 45.0 Å². The summed E-state index contributed by atoms with van der Waals surface area (Å²) in [4.78, 5) is 21.0. The minimum atomic E-state index is -0.169. The highest BCUT2D eigenvalue weighted by molar-refractivity contribution is 5.78. The first-order chi connectivity index (χ1) is 12.2. The molecule has 25 heavy (non-hydrogen) atoms. The molecule has 1 unspecified atom stereocenters. The zero-order valence-electron chi connectivity index (χ0n) is 14.6. The molecule has 5 nitrogen and oxygen atoms in total. The lowest BCUT2D eigenvalue weighted by molar-refractivity contribution is -0.136. The summed E-state index contributed by atoms with van der Waals surface area (Å²) in [5.74, 6) is 0.0533. The van der Waals surface area contributed by atoms with Crippen molar-refractivity contribution in [3.8, 4) is 0 Å². The van der Waals surface area contributed by atoms with Gasteiger partial charge in [-0.25, -0.2) is 0 Å². The predicted molar refractivity (Wildman–Crippen MR) is 96.5 cm³/mol. The van der Waals surface area contributed by atoms with E-state index in [0.717, 1.165) is 25.1 Å². The first-order valence-electron chi connectivity index (χ1n) is 8.79. The van der Waals surface area contributed by atoms with Crippen molar-refractivity contribution in [3.63, 3.8) is 0 Å². The molecule has 0 spiro atoms. The molecule has 0 aliphatic carbocycles. The number of aromatic nitrogens is 1. The van der Waals surface area contributed by atoms with Crippen molar-refractivity contribution in [2.45, 2.75) is 39.0 Å². The quantitative estimate of drug-likeness (QED) is 0.840. The molecule has 1 atom stereocenters. The van der Waals surface area contributed by atoms with Gasteiger partial charge in [-0.2, -0.15) is 0 Å². The highest BCUT2D eigenvalue weighted by atomic mass is 16.3. The molecule has 1 N–H and O–H groups in total. The van der Waals surface area contributed by atoms with E-state index in [1.54, 1.807) is 17.3 Å². The van der Waals surface area contributed by atoms with Gasteiger partial charge in [0.1, 0.15) is 0 Å². The molecule has 2 aromatic rings. The van der Waals surface area contributed by atoms with Gasteiger partial charge in [0.2, 0.25) is 5.91 Å². The van der Waals surface area contributed by atoms with Crippen LogP contribution < -0.4 is 0 Å². The molecular formula is C20H25N3O2. The van der Waals surface area contributed by atoms with E-state index in [-0.39, 0.29) is 18.6 Å². The number of hydrogen-bond acceptors (Lipinski definition) is 4. The van der Waals surface area contributed by atoms with E-state index in [9.17, 15) is 9.90 Å². The maximum atomic E-state index is 13.0. The highest BCUT2D eigenvalue weighted by Gasteiger charge is 2.26. The van der Waals surface area contributed by atoms with Crippen LogP contribution in [0.4, 0.5) is 0 Å². The number of carbonyl (C=O) groups is 1. The van der Waals surface area contributed by atoms with Gasteiger partial charge in [0.05, 0.1) is 19.2 Å². The molecule has 1 amide bonds. The van der Waals surface area contributed by atoms with Crippen molar-refractivity contribution in [1.29, 1.82) is 0 Å². The normalized spacial score (nSPS) is 15.0. The summed E-state index contributed by atoms with van der Waals surface area (Å²) in [7, 11) is 0. The monoisotopic (exact) mass is 339 g/mol. The van der Waals surface area contributed by atoms with Gasteiger partial charge in [-0.1, -0.05) is 37.3 Å². The molecule has 1 aromatic carbocycles. The first-order valence-corrected chi connectivity index (χ1v) is 8.79. The van der Waals surface area contributed by atoms with E-state index in [4.69, 9.17) is 0 Å². The smallest absolute Gasteiger partial charge is 0.237 e. The fourth-order valence-corrected chi connectivity index (χ4v) is 3.35. The lowest BCUT2D eigenvalue weighted by atomic mass is 10.1. The number of rotatable bonds is 7. The van der Waals surface area contributed by atoms with Gasteiger partial charge in [-0.3, -0.25) is 14.7 Å². The summed E-state index contributed by atoms with van der Waals surface area (Å²) >= 11 is 0. The zero-order valence-corrected chi connectivity index (χ0v) is 14.6. The molecule has 2 heterocycles. The van der Waals surface area contributed by atoms with Crippen molar-refractivity contribution in [1.82, 2.24) is 14.8 Å². The molecule has 0 saturated carbocycles. The van der Waals surface area contributed by atoms with Crippen LogP contribution in [0.2, 0.25) is 0 Å². The number of hydrogen-bond donors (Lipinski definition) is 1. The maximum absolute atomic E-state index is 13.0. The number of benzene rings is 1. The van der Waals surface area contributed by atoms with Crippen LogP contribution in [-0.2, 0) is 24.4 Å². The predicted octanol–water partition coefficient (Wildman–Crippen LogP) is 2.20. The van der Waals surface area contributed by atoms with Crippen molar-refractivity contribution in [2.24, 2.45) is 0 Å². The molecule has 3 rings (SSSR count). The summed E-state index contributed by atoms with van der Waals surface area (Å²) < 4.78 is 0. The van der Waals surface area contributed by atoms with Gasteiger partial charge in [0, 0.05) is 32.0 Å². The lowest BCUT2D eigenvalue weighted by Crippen LogP contribution is -2.45. The molecular weight excluding hydrogens is 314 g/mol. The zero-order chi connectivity index (χ0) is 17.6. The highest BCUT2D eigenvalue weighted by Crippen LogP contribution is 2.22. The Balaban J connectivity index is 1.69. The van der Waals surface area contributed by atoms with Gasteiger partial charge in [-0.15, -0.1) is 0 Å². The van der Waals surface area contributed by atoms with E-state index in [1.807, 2.05) is 31.2 Å². The molecule has 0 fully saturated rings. The maximum Gasteiger partial charge on any atom is 0.237 e. The molecule has 132 valence electrons. The van der Waals surface area contributed by atoms with Gasteiger partial charge < -0.3 is 10.0 Å². The van der Waals surface area contributed by atoms with E-state index in [2.05, 4.69) is 22.0 Å². The lowest BCUT2D eigenvalue weighted by Gasteiger charge is -2.31. The third-order valence-corrected chi connectivity index (χ3v) is 4.78. The van der Waals surface area contributed by atoms with Crippen molar-refractivity contribution >= 4 is 5.91 Å². The second-order valence-corrected chi connectivity index (χ2v) is 6.54. The van der Waals surface area contributed by atoms with E-state index in [0.29, 0.717) is 13.1 Å². The van der Waals surface area contributed by atoms with Gasteiger partial charge >= 0.3 is 0 Å². The van der Waals surface area contributed by atoms with Crippen LogP contribution in [0.3, 0.4) is 0 Å². The number of carbonyl (C=O) groups excluding carboxylic acids is 1. The second kappa shape index (κ2) is 8.23. The number of pyridine rings is 1. The number of fused-ring (bicyclic) bond motifs is 1. The Kier molecular flexibility index (Phi) is 5.79. The number of aliphatic hydroxyl groups is 1. The molecule has 0 radical (unpaired) electrons. The van der Waals surface area contributed by atoms with Crippen molar-refractivity contribution in [2.75, 3.05) is 13.2 Å². The minimum absolute atomic E-state index is 0.0251. The summed E-state index contributed by atoms with van der Waals surface area (Å²) in [6, 6.07) is 12.0. The van der Waals surface area contributed by atoms with Crippen molar-refractivity contribution in [3.05, 3.63) is 65.5 Å². The Bertz CT molecular complexity index is 676. The average Bonchev–Trinajstić information content (AvgIpc) is 3.05. The third-order valence-electron chi connectivity index (χ3n) is 4.78. The topological polar surface area (TPSA) is 56.7 Å². The fourth-order valence-electron chi connectivity index (χ4n) is 3.35. The van der Waals surface area contributed by atoms with Crippen molar-refractivity contribution < 1.29 is 9.90 Å². The number of nitrogens with zero attached hydrogens (tertiary/aromatic N) is 3. The SMILES string of the molecule is CCC(CO)N(Cc1cccnc1)C(=O)CN1Cc2ccccc2C1. The van der Waals surface area contributed by atoms with Crippen LogP contribution in [0.5, 0.6) is 0 Å². The standard InChI is InChI=1S/C20H25N3O2/c1-2-19(15-24)23(11-16-6-5-9-21-10-16)20(25)14-22-12-17-7-3-4-8-18(17)13-22/h3-10,19,24H,2,11-15H2,1H3. The van der Waals surface area contributed by atoms with Crippen LogP contribution in [0.15, 0.2) is 48.8 Å². The summed E-state index contributed by atoms with van der Waals surface area (Å²) in [5.41, 5.74) is 3.57. The Morgan fingerprint density at radius 1 is 1.24 bits per heavy atom.